The van der Waals surface area contributed by atoms with Crippen molar-refractivity contribution in [2.45, 2.75) is 19.3 Å². The SMILES string of the molecule is Cc1c(F)cccc1-n1cncc1C1CCNC1. The average Bonchev–Trinajstić information content (AvgIpc) is 3.01. The van der Waals surface area contributed by atoms with E-state index in [2.05, 4.69) is 10.3 Å². The van der Waals surface area contributed by atoms with E-state index in [-0.39, 0.29) is 5.82 Å². The van der Waals surface area contributed by atoms with Gasteiger partial charge in [-0.15, -0.1) is 0 Å². The Morgan fingerprint density at radius 3 is 3.11 bits per heavy atom. The van der Waals surface area contributed by atoms with Gasteiger partial charge in [0.2, 0.25) is 0 Å². The van der Waals surface area contributed by atoms with Crippen LogP contribution in [0.25, 0.3) is 5.69 Å². The minimum atomic E-state index is -0.170. The quantitative estimate of drug-likeness (QED) is 0.880. The number of nitrogens with one attached hydrogen (secondary N) is 1. The zero-order valence-corrected chi connectivity index (χ0v) is 10.4. The van der Waals surface area contributed by atoms with Gasteiger partial charge in [0.15, 0.2) is 0 Å². The smallest absolute Gasteiger partial charge is 0.128 e. The third kappa shape index (κ3) is 1.82. The Morgan fingerprint density at radius 1 is 1.44 bits per heavy atom. The van der Waals surface area contributed by atoms with Crippen molar-refractivity contribution in [2.24, 2.45) is 0 Å². The number of imidazole rings is 1. The molecule has 0 spiro atoms. The van der Waals surface area contributed by atoms with Crippen LogP contribution in [0.15, 0.2) is 30.7 Å². The first-order valence-electron chi connectivity index (χ1n) is 6.26. The number of halogens is 1. The molecule has 2 heterocycles. The van der Waals surface area contributed by atoms with Crippen LogP contribution in [0.1, 0.15) is 23.6 Å². The average molecular weight is 245 g/mol. The zero-order valence-electron chi connectivity index (χ0n) is 10.4. The maximum Gasteiger partial charge on any atom is 0.128 e. The third-order valence-corrected chi connectivity index (χ3v) is 3.64. The Labute approximate surface area is 106 Å². The highest BCUT2D eigenvalue weighted by molar-refractivity contribution is 5.42. The molecule has 0 bridgehead atoms. The summed E-state index contributed by atoms with van der Waals surface area (Å²) in [5.74, 6) is 0.298. The molecule has 1 aromatic carbocycles. The van der Waals surface area contributed by atoms with E-state index in [1.807, 2.05) is 16.8 Å². The van der Waals surface area contributed by atoms with E-state index < -0.39 is 0 Å². The van der Waals surface area contributed by atoms with Gasteiger partial charge in [-0.2, -0.15) is 0 Å². The molecule has 1 unspecified atom stereocenters. The minimum Gasteiger partial charge on any atom is -0.316 e. The molecule has 1 aromatic heterocycles. The van der Waals surface area contributed by atoms with Crippen molar-refractivity contribution >= 4 is 0 Å². The van der Waals surface area contributed by atoms with E-state index in [4.69, 9.17) is 0 Å². The Morgan fingerprint density at radius 2 is 2.33 bits per heavy atom. The molecule has 4 heteroatoms. The van der Waals surface area contributed by atoms with Gasteiger partial charge < -0.3 is 9.88 Å². The molecule has 0 radical (unpaired) electrons. The lowest BCUT2D eigenvalue weighted by atomic mass is 10.0. The molecular weight excluding hydrogens is 229 g/mol. The minimum absolute atomic E-state index is 0.170. The summed E-state index contributed by atoms with van der Waals surface area (Å²) in [5.41, 5.74) is 2.71. The highest BCUT2D eigenvalue weighted by atomic mass is 19.1. The van der Waals surface area contributed by atoms with E-state index in [0.717, 1.165) is 30.9 Å². The van der Waals surface area contributed by atoms with Gasteiger partial charge in [0, 0.05) is 29.9 Å². The molecule has 18 heavy (non-hydrogen) atoms. The molecule has 3 rings (SSSR count). The lowest BCUT2D eigenvalue weighted by Gasteiger charge is -2.15. The summed E-state index contributed by atoms with van der Waals surface area (Å²) in [4.78, 5) is 4.23. The van der Waals surface area contributed by atoms with Crippen LogP contribution in [0.5, 0.6) is 0 Å². The van der Waals surface area contributed by atoms with Crippen molar-refractivity contribution in [3.05, 3.63) is 47.8 Å². The molecule has 3 nitrogen and oxygen atoms in total. The predicted octanol–water partition coefficient (Wildman–Crippen LogP) is 2.40. The van der Waals surface area contributed by atoms with E-state index in [1.165, 1.54) is 6.07 Å². The molecule has 1 aliphatic heterocycles. The summed E-state index contributed by atoms with van der Waals surface area (Å²) in [6.45, 7) is 3.82. The number of hydrogen-bond donors (Lipinski definition) is 1. The molecule has 1 N–H and O–H groups in total. The highest BCUT2D eigenvalue weighted by Gasteiger charge is 2.21. The fourth-order valence-electron chi connectivity index (χ4n) is 2.57. The third-order valence-electron chi connectivity index (χ3n) is 3.64. The molecule has 94 valence electrons. The number of nitrogens with zero attached hydrogens (tertiary/aromatic N) is 2. The monoisotopic (exact) mass is 245 g/mol. The first-order valence-corrected chi connectivity index (χ1v) is 6.26. The Hall–Kier alpha value is -1.68. The summed E-state index contributed by atoms with van der Waals surface area (Å²) in [6.07, 6.45) is 4.78. The summed E-state index contributed by atoms with van der Waals surface area (Å²) >= 11 is 0. The Kier molecular flexibility index (Phi) is 2.88. The van der Waals surface area contributed by atoms with Gasteiger partial charge in [-0.3, -0.25) is 0 Å². The van der Waals surface area contributed by atoms with Gasteiger partial charge in [-0.1, -0.05) is 6.07 Å². The van der Waals surface area contributed by atoms with E-state index >= 15 is 0 Å². The van der Waals surface area contributed by atoms with Crippen LogP contribution in [0.3, 0.4) is 0 Å². The molecule has 0 aliphatic carbocycles. The molecule has 1 atom stereocenters. The molecule has 0 saturated carbocycles. The van der Waals surface area contributed by atoms with Gasteiger partial charge in [0.25, 0.3) is 0 Å². The van der Waals surface area contributed by atoms with Gasteiger partial charge in [0.05, 0.1) is 12.0 Å². The zero-order chi connectivity index (χ0) is 12.5. The summed E-state index contributed by atoms with van der Waals surface area (Å²) in [7, 11) is 0. The number of benzene rings is 1. The summed E-state index contributed by atoms with van der Waals surface area (Å²) < 4.78 is 15.6. The van der Waals surface area contributed by atoms with Crippen LogP contribution in [0.2, 0.25) is 0 Å². The fourth-order valence-corrected chi connectivity index (χ4v) is 2.57. The van der Waals surface area contributed by atoms with Crippen LogP contribution in [-0.2, 0) is 0 Å². The molecule has 0 amide bonds. The Balaban J connectivity index is 2.06. The van der Waals surface area contributed by atoms with E-state index in [1.54, 1.807) is 19.3 Å². The first-order chi connectivity index (χ1) is 8.77. The van der Waals surface area contributed by atoms with Crippen LogP contribution < -0.4 is 5.32 Å². The van der Waals surface area contributed by atoms with Crippen LogP contribution in [0, 0.1) is 12.7 Å². The topological polar surface area (TPSA) is 29.9 Å². The largest absolute Gasteiger partial charge is 0.316 e. The van der Waals surface area contributed by atoms with Crippen molar-refractivity contribution in [3.63, 3.8) is 0 Å². The normalized spacial score (nSPS) is 19.3. The molecule has 1 fully saturated rings. The second-order valence-corrected chi connectivity index (χ2v) is 4.76. The number of hydrogen-bond acceptors (Lipinski definition) is 2. The predicted molar refractivity (Wildman–Crippen MR) is 68.5 cm³/mol. The van der Waals surface area contributed by atoms with Gasteiger partial charge >= 0.3 is 0 Å². The second-order valence-electron chi connectivity index (χ2n) is 4.76. The summed E-state index contributed by atoms with van der Waals surface area (Å²) in [6, 6.07) is 5.17. The fraction of sp³-hybridized carbons (Fsp3) is 0.357. The number of aromatic nitrogens is 2. The van der Waals surface area contributed by atoms with Gasteiger partial charge in [-0.05, 0) is 32.0 Å². The standard InChI is InChI=1S/C14H16FN3/c1-10-12(15)3-2-4-13(10)18-9-17-8-14(18)11-5-6-16-7-11/h2-4,8-9,11,16H,5-7H2,1H3. The van der Waals surface area contributed by atoms with Crippen molar-refractivity contribution in [3.8, 4) is 5.69 Å². The van der Waals surface area contributed by atoms with Crippen molar-refractivity contribution in [2.75, 3.05) is 13.1 Å². The highest BCUT2D eigenvalue weighted by Crippen LogP contribution is 2.26. The Bertz CT molecular complexity index is 556. The molecular formula is C14H16FN3. The van der Waals surface area contributed by atoms with Crippen molar-refractivity contribution < 1.29 is 4.39 Å². The first kappa shape index (κ1) is 11.4. The van der Waals surface area contributed by atoms with Crippen molar-refractivity contribution in [1.82, 2.24) is 14.9 Å². The van der Waals surface area contributed by atoms with Crippen LogP contribution >= 0.6 is 0 Å². The lowest BCUT2D eigenvalue weighted by molar-refractivity contribution is 0.615. The van der Waals surface area contributed by atoms with Crippen LogP contribution in [-0.4, -0.2) is 22.6 Å². The van der Waals surface area contributed by atoms with Gasteiger partial charge in [0.1, 0.15) is 5.82 Å². The molecule has 1 aliphatic rings. The second kappa shape index (κ2) is 4.53. The molecule has 2 aromatic rings. The van der Waals surface area contributed by atoms with Crippen molar-refractivity contribution in [1.29, 1.82) is 0 Å². The number of rotatable bonds is 2. The van der Waals surface area contributed by atoms with Gasteiger partial charge in [-0.25, -0.2) is 9.37 Å². The lowest BCUT2D eigenvalue weighted by Crippen LogP contribution is -2.11. The maximum atomic E-state index is 13.6. The summed E-state index contributed by atoms with van der Waals surface area (Å²) in [5, 5.41) is 3.35. The maximum absolute atomic E-state index is 13.6. The van der Waals surface area contributed by atoms with E-state index in [0.29, 0.717) is 11.5 Å². The van der Waals surface area contributed by atoms with E-state index in [9.17, 15) is 4.39 Å². The molecule has 1 saturated heterocycles. The van der Waals surface area contributed by atoms with Crippen LogP contribution in [0.4, 0.5) is 4.39 Å².